The van der Waals surface area contributed by atoms with Gasteiger partial charge in [0.2, 0.25) is 5.91 Å². The largest absolute Gasteiger partial charge is 0.497 e. The first-order valence-corrected chi connectivity index (χ1v) is 11.7. The number of carbonyl (C=O) groups is 1. The van der Waals surface area contributed by atoms with Gasteiger partial charge < -0.3 is 19.4 Å². The molecule has 4 rings (SSSR count). The van der Waals surface area contributed by atoms with E-state index in [0.717, 1.165) is 18.7 Å². The zero-order valence-corrected chi connectivity index (χ0v) is 19.9. The summed E-state index contributed by atoms with van der Waals surface area (Å²) in [4.78, 5) is 12.8. The number of ether oxygens (including phenoxy) is 2. The zero-order valence-electron chi connectivity index (χ0n) is 19.9. The minimum atomic E-state index is 0.0463. The molecule has 5 nitrogen and oxygen atoms in total. The number of fused-ring (bicyclic) bond motifs is 1. The van der Waals surface area contributed by atoms with Gasteiger partial charge in [-0.1, -0.05) is 60.7 Å². The Kier molecular flexibility index (Phi) is 7.99. The van der Waals surface area contributed by atoms with Crippen molar-refractivity contribution < 1.29 is 14.3 Å². The van der Waals surface area contributed by atoms with Crippen LogP contribution in [-0.2, 0) is 22.5 Å². The highest BCUT2D eigenvalue weighted by Crippen LogP contribution is 2.33. The average Bonchev–Trinajstić information content (AvgIpc) is 3.23. The van der Waals surface area contributed by atoms with Crippen LogP contribution in [0.1, 0.15) is 29.0 Å². The summed E-state index contributed by atoms with van der Waals surface area (Å²) >= 11 is 0. The van der Waals surface area contributed by atoms with Gasteiger partial charge in [0.05, 0.1) is 13.7 Å². The van der Waals surface area contributed by atoms with E-state index in [-0.39, 0.29) is 11.8 Å². The highest BCUT2D eigenvalue weighted by Gasteiger charge is 2.21. The fraction of sp³-hybridized carbons (Fsp3) is 0.276. The van der Waals surface area contributed by atoms with Crippen LogP contribution in [0, 0.1) is 0 Å². The molecule has 1 amide bonds. The molecule has 0 aliphatic carbocycles. The first-order valence-electron chi connectivity index (χ1n) is 11.7. The van der Waals surface area contributed by atoms with Gasteiger partial charge in [0.15, 0.2) is 0 Å². The molecule has 34 heavy (non-hydrogen) atoms. The molecular weight excluding hydrogens is 424 g/mol. The van der Waals surface area contributed by atoms with Crippen LogP contribution < -0.4 is 10.1 Å². The Hall–Kier alpha value is -3.57. The number of nitrogens with zero attached hydrogens (tertiary/aromatic N) is 1. The van der Waals surface area contributed by atoms with Crippen LogP contribution in [0.2, 0.25) is 0 Å². The lowest BCUT2D eigenvalue weighted by Crippen LogP contribution is -2.28. The highest BCUT2D eigenvalue weighted by molar-refractivity contribution is 5.86. The van der Waals surface area contributed by atoms with Gasteiger partial charge in [0.1, 0.15) is 5.75 Å². The molecule has 5 heteroatoms. The number of amides is 1. The Bertz CT molecular complexity index is 1200. The molecule has 0 saturated heterocycles. The van der Waals surface area contributed by atoms with Crippen LogP contribution in [0.4, 0.5) is 0 Å². The lowest BCUT2D eigenvalue weighted by molar-refractivity contribution is -0.121. The van der Waals surface area contributed by atoms with E-state index in [4.69, 9.17) is 9.47 Å². The Morgan fingerprint density at radius 1 is 0.912 bits per heavy atom. The van der Waals surface area contributed by atoms with Crippen LogP contribution >= 0.6 is 0 Å². The van der Waals surface area contributed by atoms with E-state index in [1.807, 2.05) is 18.2 Å². The fourth-order valence-electron chi connectivity index (χ4n) is 4.44. The minimum absolute atomic E-state index is 0.0463. The van der Waals surface area contributed by atoms with Crippen molar-refractivity contribution >= 4 is 16.8 Å². The molecule has 1 atom stereocenters. The van der Waals surface area contributed by atoms with Gasteiger partial charge in [-0.05, 0) is 47.2 Å². The summed E-state index contributed by atoms with van der Waals surface area (Å²) in [7, 11) is 3.32. The van der Waals surface area contributed by atoms with E-state index in [1.54, 1.807) is 14.2 Å². The van der Waals surface area contributed by atoms with Crippen molar-refractivity contribution in [3.63, 3.8) is 0 Å². The second-order valence-corrected chi connectivity index (χ2v) is 8.51. The fourth-order valence-corrected chi connectivity index (χ4v) is 4.44. The average molecular weight is 457 g/mol. The van der Waals surface area contributed by atoms with Gasteiger partial charge in [-0.15, -0.1) is 0 Å². The number of nitrogens with one attached hydrogen (secondary N) is 1. The lowest BCUT2D eigenvalue weighted by atomic mass is 9.88. The third kappa shape index (κ3) is 5.86. The van der Waals surface area contributed by atoms with Gasteiger partial charge >= 0.3 is 0 Å². The molecule has 1 aromatic heterocycles. The quantitative estimate of drug-likeness (QED) is 0.317. The summed E-state index contributed by atoms with van der Waals surface area (Å²) in [5.74, 6) is 0.959. The molecule has 0 radical (unpaired) electrons. The van der Waals surface area contributed by atoms with Crippen LogP contribution in [0.15, 0.2) is 85.1 Å². The zero-order chi connectivity index (χ0) is 23.8. The van der Waals surface area contributed by atoms with Gasteiger partial charge in [0.25, 0.3) is 0 Å². The first-order chi connectivity index (χ1) is 16.7. The summed E-state index contributed by atoms with van der Waals surface area (Å²) in [5, 5.41) is 4.19. The van der Waals surface area contributed by atoms with E-state index in [1.165, 1.54) is 27.6 Å². The van der Waals surface area contributed by atoms with Crippen molar-refractivity contribution in [2.75, 3.05) is 27.4 Å². The number of carbonyl (C=O) groups excluding carboxylic acids is 1. The maximum absolute atomic E-state index is 12.8. The number of aromatic nitrogens is 1. The molecule has 1 unspecified atom stereocenters. The van der Waals surface area contributed by atoms with Crippen LogP contribution in [-0.4, -0.2) is 37.8 Å². The van der Waals surface area contributed by atoms with Crippen molar-refractivity contribution in [1.29, 1.82) is 0 Å². The van der Waals surface area contributed by atoms with Crippen molar-refractivity contribution in [3.05, 3.63) is 102 Å². The summed E-state index contributed by atoms with van der Waals surface area (Å²) in [6.07, 6.45) is 3.45. The van der Waals surface area contributed by atoms with Crippen molar-refractivity contribution in [3.8, 4) is 5.75 Å². The molecule has 1 N–H and O–H groups in total. The van der Waals surface area contributed by atoms with E-state index in [2.05, 4.69) is 76.7 Å². The van der Waals surface area contributed by atoms with Crippen LogP contribution in [0.25, 0.3) is 10.9 Å². The summed E-state index contributed by atoms with van der Waals surface area (Å²) in [6.45, 7) is 1.78. The predicted molar refractivity (Wildman–Crippen MR) is 136 cm³/mol. The van der Waals surface area contributed by atoms with E-state index < -0.39 is 0 Å². The number of para-hydroxylation sites is 1. The van der Waals surface area contributed by atoms with E-state index >= 15 is 0 Å². The molecular formula is C29H32N2O3. The Morgan fingerprint density at radius 3 is 2.38 bits per heavy atom. The predicted octanol–water partition coefficient (Wildman–Crippen LogP) is 5.18. The minimum Gasteiger partial charge on any atom is -0.497 e. The van der Waals surface area contributed by atoms with Crippen molar-refractivity contribution in [1.82, 2.24) is 9.88 Å². The third-order valence-electron chi connectivity index (χ3n) is 6.16. The first kappa shape index (κ1) is 23.6. The maximum Gasteiger partial charge on any atom is 0.220 e. The topological polar surface area (TPSA) is 52.5 Å². The molecule has 1 heterocycles. The van der Waals surface area contributed by atoms with E-state index in [0.29, 0.717) is 19.6 Å². The molecule has 0 spiro atoms. The number of hydrogen-bond donors (Lipinski definition) is 1. The summed E-state index contributed by atoms with van der Waals surface area (Å²) in [6, 6.07) is 27.0. The van der Waals surface area contributed by atoms with Crippen molar-refractivity contribution in [2.24, 2.45) is 0 Å². The molecule has 0 bridgehead atoms. The van der Waals surface area contributed by atoms with Crippen molar-refractivity contribution in [2.45, 2.75) is 25.3 Å². The summed E-state index contributed by atoms with van der Waals surface area (Å²) < 4.78 is 12.7. The third-order valence-corrected chi connectivity index (χ3v) is 6.16. The summed E-state index contributed by atoms with van der Waals surface area (Å²) in [5.41, 5.74) is 4.80. The normalized spacial score (nSPS) is 11.9. The second kappa shape index (κ2) is 11.5. The Morgan fingerprint density at radius 2 is 1.65 bits per heavy atom. The Labute approximate surface area is 201 Å². The van der Waals surface area contributed by atoms with Crippen LogP contribution in [0.5, 0.6) is 5.75 Å². The molecule has 4 aromatic rings. The molecule has 3 aromatic carbocycles. The van der Waals surface area contributed by atoms with E-state index in [9.17, 15) is 4.79 Å². The van der Waals surface area contributed by atoms with Gasteiger partial charge in [0, 0.05) is 43.7 Å². The standard InChI is InChI=1S/C29H32N2O3/c1-33-17-16-30-29(32)19-24(18-22-8-4-3-5-9-22)27-21-31(28-11-7-6-10-26(27)28)20-23-12-14-25(34-2)15-13-23/h3-15,21,24H,16-20H2,1-2H3,(H,30,32). The Balaban J connectivity index is 1.66. The number of methoxy groups -OCH3 is 2. The smallest absolute Gasteiger partial charge is 0.220 e. The van der Waals surface area contributed by atoms with Gasteiger partial charge in [-0.2, -0.15) is 0 Å². The van der Waals surface area contributed by atoms with Gasteiger partial charge in [-0.25, -0.2) is 0 Å². The monoisotopic (exact) mass is 456 g/mol. The number of benzene rings is 3. The van der Waals surface area contributed by atoms with Crippen LogP contribution in [0.3, 0.4) is 0 Å². The molecule has 0 saturated carbocycles. The lowest BCUT2D eigenvalue weighted by Gasteiger charge is -2.17. The maximum atomic E-state index is 12.8. The number of rotatable bonds is 11. The molecule has 0 fully saturated rings. The SMILES string of the molecule is COCCNC(=O)CC(Cc1ccccc1)c1cn(Cc2ccc(OC)cc2)c2ccccc12. The molecule has 176 valence electrons. The molecule has 0 aliphatic heterocycles. The second-order valence-electron chi connectivity index (χ2n) is 8.51. The molecule has 0 aliphatic rings. The van der Waals surface area contributed by atoms with Gasteiger partial charge in [-0.3, -0.25) is 4.79 Å². The highest BCUT2D eigenvalue weighted by atomic mass is 16.5. The number of hydrogen-bond acceptors (Lipinski definition) is 3.